The Morgan fingerprint density at radius 2 is 1.73 bits per heavy atom. The summed E-state index contributed by atoms with van der Waals surface area (Å²) in [6.45, 7) is 9.83. The first kappa shape index (κ1) is 9.96. The number of hydrogen-bond acceptors (Lipinski definition) is 0. The summed E-state index contributed by atoms with van der Waals surface area (Å²) in [7, 11) is 0. The van der Waals surface area contributed by atoms with Gasteiger partial charge in [-0.3, -0.25) is 0 Å². The Labute approximate surface area is 69.6 Å². The van der Waals surface area contributed by atoms with Crippen molar-refractivity contribution < 1.29 is 0 Å². The van der Waals surface area contributed by atoms with Crippen LogP contribution >= 0.6 is 0 Å². The molecule has 0 aliphatic carbocycles. The second-order valence-electron chi connectivity index (χ2n) is 2.75. The molecule has 0 N–H and O–H groups in total. The van der Waals surface area contributed by atoms with Gasteiger partial charge < -0.3 is 0 Å². The predicted molar refractivity (Wildman–Crippen MR) is 52.5 cm³/mol. The molecule has 0 aliphatic heterocycles. The maximum atomic E-state index is 3.62. The highest BCUT2D eigenvalue weighted by atomic mass is 13.8. The molecule has 0 amide bonds. The minimum absolute atomic E-state index is 1.22. The summed E-state index contributed by atoms with van der Waals surface area (Å²) in [5, 5.41) is 0. The Hall–Kier alpha value is -1.04. The van der Waals surface area contributed by atoms with Crippen LogP contribution in [0.1, 0.15) is 20.8 Å². The number of allylic oxidation sites excluding steroid dienone is 7. The summed E-state index contributed by atoms with van der Waals surface area (Å²) in [4.78, 5) is 0. The fraction of sp³-hybridized carbons (Fsp3) is 0.273. The lowest BCUT2D eigenvalue weighted by Gasteiger charge is -1.86. The van der Waals surface area contributed by atoms with Gasteiger partial charge in [0.05, 0.1) is 0 Å². The van der Waals surface area contributed by atoms with Gasteiger partial charge >= 0.3 is 0 Å². The van der Waals surface area contributed by atoms with Crippen LogP contribution in [-0.2, 0) is 0 Å². The van der Waals surface area contributed by atoms with Crippen molar-refractivity contribution in [2.75, 3.05) is 0 Å². The van der Waals surface area contributed by atoms with Gasteiger partial charge in [0, 0.05) is 0 Å². The van der Waals surface area contributed by atoms with Gasteiger partial charge in [0.1, 0.15) is 0 Å². The Morgan fingerprint density at radius 3 is 2.18 bits per heavy atom. The largest absolute Gasteiger partial charge is 0.0991 e. The fourth-order valence-electron chi connectivity index (χ4n) is 0.634. The Morgan fingerprint density at radius 1 is 1.09 bits per heavy atom. The molecular formula is C11H16. The van der Waals surface area contributed by atoms with E-state index in [-0.39, 0.29) is 0 Å². The van der Waals surface area contributed by atoms with E-state index in [1.807, 2.05) is 12.2 Å². The standard InChI is InChI=1S/C11H16/c1-5-7-11(4)9-6-8-10(2)3/h5-9H,1H2,2-4H3/b9-6-,11-7+. The number of hydrogen-bond donors (Lipinski definition) is 0. The van der Waals surface area contributed by atoms with Gasteiger partial charge in [0.15, 0.2) is 0 Å². The van der Waals surface area contributed by atoms with Crippen LogP contribution in [0.2, 0.25) is 0 Å². The zero-order chi connectivity index (χ0) is 8.69. The molecule has 0 saturated heterocycles. The smallest absolute Gasteiger partial charge is 0.0398 e. The molecule has 11 heavy (non-hydrogen) atoms. The average molecular weight is 148 g/mol. The van der Waals surface area contributed by atoms with Crippen LogP contribution in [0.4, 0.5) is 0 Å². The van der Waals surface area contributed by atoms with Gasteiger partial charge in [-0.25, -0.2) is 0 Å². The lowest BCUT2D eigenvalue weighted by atomic mass is 10.2. The van der Waals surface area contributed by atoms with Crippen LogP contribution in [0.15, 0.2) is 48.1 Å². The van der Waals surface area contributed by atoms with Crippen molar-refractivity contribution in [1.29, 1.82) is 0 Å². The Bertz CT molecular complexity index is 198. The maximum absolute atomic E-state index is 3.62. The third-order valence-electron chi connectivity index (χ3n) is 1.17. The highest BCUT2D eigenvalue weighted by Gasteiger charge is 1.75. The van der Waals surface area contributed by atoms with Crippen LogP contribution in [-0.4, -0.2) is 0 Å². The minimum Gasteiger partial charge on any atom is -0.0991 e. The van der Waals surface area contributed by atoms with E-state index >= 15 is 0 Å². The molecule has 0 unspecified atom stereocenters. The third-order valence-corrected chi connectivity index (χ3v) is 1.17. The van der Waals surface area contributed by atoms with E-state index in [2.05, 4.69) is 39.5 Å². The van der Waals surface area contributed by atoms with Crippen LogP contribution in [0.5, 0.6) is 0 Å². The van der Waals surface area contributed by atoms with E-state index in [9.17, 15) is 0 Å². The molecule has 0 rings (SSSR count). The first-order valence-electron chi connectivity index (χ1n) is 3.77. The lowest BCUT2D eigenvalue weighted by molar-refractivity contribution is 1.39. The first-order valence-corrected chi connectivity index (χ1v) is 3.77. The van der Waals surface area contributed by atoms with Crippen LogP contribution in [0.25, 0.3) is 0 Å². The molecule has 0 radical (unpaired) electrons. The van der Waals surface area contributed by atoms with Crippen molar-refractivity contribution in [1.82, 2.24) is 0 Å². The van der Waals surface area contributed by atoms with Crippen molar-refractivity contribution in [3.63, 3.8) is 0 Å². The summed E-state index contributed by atoms with van der Waals surface area (Å²) < 4.78 is 0. The quantitative estimate of drug-likeness (QED) is 0.536. The first-order chi connectivity index (χ1) is 5.16. The summed E-state index contributed by atoms with van der Waals surface area (Å²) in [6.07, 6.45) is 9.97. The van der Waals surface area contributed by atoms with Gasteiger partial charge in [0.2, 0.25) is 0 Å². The van der Waals surface area contributed by atoms with E-state index in [1.54, 1.807) is 6.08 Å². The normalized spacial score (nSPS) is 11.7. The van der Waals surface area contributed by atoms with E-state index in [0.29, 0.717) is 0 Å². The van der Waals surface area contributed by atoms with E-state index < -0.39 is 0 Å². The lowest BCUT2D eigenvalue weighted by Crippen LogP contribution is -1.65. The van der Waals surface area contributed by atoms with Crippen LogP contribution in [0, 0.1) is 0 Å². The monoisotopic (exact) mass is 148 g/mol. The molecular weight excluding hydrogens is 132 g/mol. The van der Waals surface area contributed by atoms with Gasteiger partial charge in [-0.1, -0.05) is 48.1 Å². The van der Waals surface area contributed by atoms with Crippen LogP contribution in [0.3, 0.4) is 0 Å². The molecule has 0 heteroatoms. The van der Waals surface area contributed by atoms with Gasteiger partial charge in [-0.15, -0.1) is 0 Å². The summed E-state index contributed by atoms with van der Waals surface area (Å²) in [5.41, 5.74) is 2.53. The van der Waals surface area contributed by atoms with Crippen LogP contribution < -0.4 is 0 Å². The molecule has 0 aromatic heterocycles. The van der Waals surface area contributed by atoms with Crippen molar-refractivity contribution in [3.05, 3.63) is 48.1 Å². The Kier molecular flexibility index (Phi) is 5.18. The molecule has 0 atom stereocenters. The molecule has 60 valence electrons. The molecule has 0 nitrogen and oxygen atoms in total. The molecule has 0 bridgehead atoms. The predicted octanol–water partition coefficient (Wildman–Crippen LogP) is 3.64. The van der Waals surface area contributed by atoms with Crippen molar-refractivity contribution in [2.45, 2.75) is 20.8 Å². The van der Waals surface area contributed by atoms with Gasteiger partial charge in [-0.05, 0) is 20.8 Å². The van der Waals surface area contributed by atoms with Crippen molar-refractivity contribution in [2.24, 2.45) is 0 Å². The maximum Gasteiger partial charge on any atom is -0.0398 e. The van der Waals surface area contributed by atoms with Gasteiger partial charge in [0.25, 0.3) is 0 Å². The molecule has 0 heterocycles. The van der Waals surface area contributed by atoms with E-state index in [4.69, 9.17) is 0 Å². The topological polar surface area (TPSA) is 0 Å². The second-order valence-corrected chi connectivity index (χ2v) is 2.75. The Balaban J connectivity index is 4.03. The third kappa shape index (κ3) is 6.85. The summed E-state index contributed by atoms with van der Waals surface area (Å²) in [5.74, 6) is 0. The van der Waals surface area contributed by atoms with Crippen molar-refractivity contribution >= 4 is 0 Å². The second kappa shape index (κ2) is 5.72. The molecule has 0 fully saturated rings. The zero-order valence-electron chi connectivity index (χ0n) is 7.59. The van der Waals surface area contributed by atoms with Crippen molar-refractivity contribution in [3.8, 4) is 0 Å². The summed E-state index contributed by atoms with van der Waals surface area (Å²) >= 11 is 0. The van der Waals surface area contributed by atoms with E-state index in [0.717, 1.165) is 0 Å². The number of rotatable bonds is 3. The minimum atomic E-state index is 1.22. The molecule has 0 aliphatic rings. The summed E-state index contributed by atoms with van der Waals surface area (Å²) in [6, 6.07) is 0. The van der Waals surface area contributed by atoms with E-state index in [1.165, 1.54) is 11.1 Å². The zero-order valence-corrected chi connectivity index (χ0v) is 7.59. The SMILES string of the molecule is C=C/C=C(C)/C=C\C=C(C)C. The average Bonchev–Trinajstić information content (AvgIpc) is 1.87. The molecule has 0 aromatic rings. The fourth-order valence-corrected chi connectivity index (χ4v) is 0.634. The highest BCUT2D eigenvalue weighted by Crippen LogP contribution is 1.96. The highest BCUT2D eigenvalue weighted by molar-refractivity contribution is 5.24. The molecule has 0 saturated carbocycles. The van der Waals surface area contributed by atoms with Gasteiger partial charge in [-0.2, -0.15) is 0 Å². The molecule has 0 spiro atoms. The molecule has 0 aromatic carbocycles.